The quantitative estimate of drug-likeness (QED) is 0.654. The molecule has 1 aromatic heterocycles. The number of nitrogens with one attached hydrogen (secondary N) is 1. The first-order valence-corrected chi connectivity index (χ1v) is 6.45. The third kappa shape index (κ3) is 4.43. The summed E-state index contributed by atoms with van der Waals surface area (Å²) >= 11 is 0. The Hall–Kier alpha value is -2.66. The number of carbonyl (C=O) groups excluding carboxylic acids is 1. The van der Waals surface area contributed by atoms with E-state index in [0.717, 1.165) is 0 Å². The third-order valence-electron chi connectivity index (χ3n) is 2.74. The van der Waals surface area contributed by atoms with Crippen LogP contribution in [0, 0.1) is 0 Å². The van der Waals surface area contributed by atoms with Gasteiger partial charge in [-0.05, 0) is 36.8 Å². The molecule has 0 aliphatic carbocycles. The van der Waals surface area contributed by atoms with Gasteiger partial charge in [0.05, 0.1) is 12.0 Å². The third-order valence-corrected chi connectivity index (χ3v) is 2.74. The van der Waals surface area contributed by atoms with Gasteiger partial charge in [0.25, 0.3) is 5.91 Å². The summed E-state index contributed by atoms with van der Waals surface area (Å²) in [6, 6.07) is 12.3. The summed E-state index contributed by atoms with van der Waals surface area (Å²) < 4.78 is 5.14. The van der Waals surface area contributed by atoms with Gasteiger partial charge in [-0.1, -0.05) is 30.3 Å². The number of benzene rings is 1. The second-order valence-electron chi connectivity index (χ2n) is 4.39. The Morgan fingerprint density at radius 2 is 2.05 bits per heavy atom. The van der Waals surface area contributed by atoms with Gasteiger partial charge in [-0.25, -0.2) is 5.43 Å². The van der Waals surface area contributed by atoms with Crippen molar-refractivity contribution in [2.45, 2.75) is 13.0 Å². The average Bonchev–Trinajstić information content (AvgIpc) is 3.04. The fraction of sp³-hybridized carbons (Fsp3) is 0.125. The van der Waals surface area contributed by atoms with E-state index in [9.17, 15) is 9.90 Å². The summed E-state index contributed by atoms with van der Waals surface area (Å²) in [5, 5.41) is 13.8. The van der Waals surface area contributed by atoms with Gasteiger partial charge in [0.2, 0.25) is 0 Å². The summed E-state index contributed by atoms with van der Waals surface area (Å²) in [6.45, 7) is 1.73. The average molecular weight is 284 g/mol. The van der Waals surface area contributed by atoms with Crippen LogP contribution in [0.3, 0.4) is 0 Å². The van der Waals surface area contributed by atoms with E-state index in [-0.39, 0.29) is 0 Å². The van der Waals surface area contributed by atoms with Crippen LogP contribution in [0.2, 0.25) is 0 Å². The van der Waals surface area contributed by atoms with Crippen molar-refractivity contribution in [3.8, 4) is 0 Å². The zero-order valence-electron chi connectivity index (χ0n) is 11.6. The minimum absolute atomic E-state index is 0.522. The predicted molar refractivity (Wildman–Crippen MR) is 80.4 cm³/mol. The molecule has 0 spiro atoms. The van der Waals surface area contributed by atoms with E-state index in [0.29, 0.717) is 17.0 Å². The smallest absolute Gasteiger partial charge is 0.273 e. The van der Waals surface area contributed by atoms with E-state index in [2.05, 4.69) is 10.5 Å². The van der Waals surface area contributed by atoms with E-state index in [1.165, 1.54) is 0 Å². The van der Waals surface area contributed by atoms with E-state index in [1.54, 1.807) is 55.7 Å². The molecule has 5 heteroatoms. The van der Waals surface area contributed by atoms with Gasteiger partial charge in [0.1, 0.15) is 5.76 Å². The van der Waals surface area contributed by atoms with Gasteiger partial charge in [-0.15, -0.1) is 0 Å². The van der Waals surface area contributed by atoms with Crippen molar-refractivity contribution in [3.63, 3.8) is 0 Å². The van der Waals surface area contributed by atoms with Crippen molar-refractivity contribution < 1.29 is 14.3 Å². The Morgan fingerprint density at radius 1 is 1.29 bits per heavy atom. The van der Waals surface area contributed by atoms with Gasteiger partial charge in [0.15, 0.2) is 6.10 Å². The molecule has 0 aliphatic rings. The summed E-state index contributed by atoms with van der Waals surface area (Å²) in [6.07, 6.45) is 3.77. The molecule has 5 nitrogen and oxygen atoms in total. The highest BCUT2D eigenvalue weighted by Gasteiger charge is 2.15. The van der Waals surface area contributed by atoms with Crippen molar-refractivity contribution >= 4 is 17.7 Å². The standard InChI is InChI=1S/C16H16N2O3/c1-12(9-10-14-8-5-11-21-14)17-18-16(20)15(19)13-6-3-2-4-7-13/h2-11,15,19H,1H3,(H,18,20)/b10-9+,17-12-/t15-/m1/s1. The summed E-state index contributed by atoms with van der Waals surface area (Å²) in [5.41, 5.74) is 3.43. The van der Waals surface area contributed by atoms with Crippen LogP contribution in [0.5, 0.6) is 0 Å². The molecular formula is C16H16N2O3. The van der Waals surface area contributed by atoms with Crippen LogP contribution in [-0.4, -0.2) is 16.7 Å². The lowest BCUT2D eigenvalue weighted by molar-refractivity contribution is -0.129. The first kappa shape index (κ1) is 14.7. The maximum Gasteiger partial charge on any atom is 0.273 e. The first-order valence-electron chi connectivity index (χ1n) is 6.45. The fourth-order valence-corrected chi connectivity index (χ4v) is 1.62. The van der Waals surface area contributed by atoms with Crippen molar-refractivity contribution in [2.24, 2.45) is 5.10 Å². The molecular weight excluding hydrogens is 268 g/mol. The summed E-state index contributed by atoms with van der Waals surface area (Å²) in [5.74, 6) is 0.118. The van der Waals surface area contributed by atoms with Crippen LogP contribution in [-0.2, 0) is 4.79 Å². The minimum Gasteiger partial charge on any atom is -0.465 e. The second-order valence-corrected chi connectivity index (χ2v) is 4.39. The normalized spacial score (nSPS) is 13.3. The molecule has 21 heavy (non-hydrogen) atoms. The number of allylic oxidation sites excluding steroid dienone is 1. The Balaban J connectivity index is 1.92. The van der Waals surface area contributed by atoms with Crippen LogP contribution < -0.4 is 5.43 Å². The fourth-order valence-electron chi connectivity index (χ4n) is 1.62. The molecule has 1 atom stereocenters. The van der Waals surface area contributed by atoms with Crippen molar-refractivity contribution in [2.75, 3.05) is 0 Å². The number of amides is 1. The number of aliphatic hydroxyl groups excluding tert-OH is 1. The van der Waals surface area contributed by atoms with Crippen molar-refractivity contribution in [1.29, 1.82) is 0 Å². The number of nitrogens with zero attached hydrogens (tertiary/aromatic N) is 1. The van der Waals surface area contributed by atoms with Crippen LogP contribution in [0.4, 0.5) is 0 Å². The molecule has 2 aromatic rings. The van der Waals surface area contributed by atoms with Gasteiger partial charge in [0, 0.05) is 0 Å². The van der Waals surface area contributed by atoms with E-state index in [1.807, 2.05) is 12.1 Å². The highest BCUT2D eigenvalue weighted by molar-refractivity contribution is 5.97. The maximum absolute atomic E-state index is 11.8. The van der Waals surface area contributed by atoms with Gasteiger partial charge >= 0.3 is 0 Å². The molecule has 2 N–H and O–H groups in total. The molecule has 0 radical (unpaired) electrons. The zero-order valence-corrected chi connectivity index (χ0v) is 11.6. The molecule has 1 aromatic carbocycles. The largest absolute Gasteiger partial charge is 0.465 e. The topological polar surface area (TPSA) is 74.8 Å². The molecule has 0 saturated heterocycles. The molecule has 1 heterocycles. The summed E-state index contributed by atoms with van der Waals surface area (Å²) in [4.78, 5) is 11.8. The predicted octanol–water partition coefficient (Wildman–Crippen LogP) is 2.52. The number of rotatable bonds is 5. The highest BCUT2D eigenvalue weighted by Crippen LogP contribution is 2.11. The summed E-state index contributed by atoms with van der Waals surface area (Å²) in [7, 11) is 0. The van der Waals surface area contributed by atoms with Crippen LogP contribution in [0.1, 0.15) is 24.4 Å². The van der Waals surface area contributed by atoms with Gasteiger partial charge < -0.3 is 9.52 Å². The van der Waals surface area contributed by atoms with E-state index in [4.69, 9.17) is 4.42 Å². The van der Waals surface area contributed by atoms with Crippen LogP contribution in [0.15, 0.2) is 64.3 Å². The Kier molecular flexibility index (Phi) is 5.06. The first-order chi connectivity index (χ1) is 10.2. The van der Waals surface area contributed by atoms with Gasteiger partial charge in [-0.2, -0.15) is 5.10 Å². The highest BCUT2D eigenvalue weighted by atomic mass is 16.3. The monoisotopic (exact) mass is 284 g/mol. The Morgan fingerprint density at radius 3 is 2.71 bits per heavy atom. The molecule has 0 fully saturated rings. The lowest BCUT2D eigenvalue weighted by Gasteiger charge is -2.08. The number of furan rings is 1. The number of hydrogen-bond acceptors (Lipinski definition) is 4. The zero-order chi connectivity index (χ0) is 15.1. The maximum atomic E-state index is 11.8. The lowest BCUT2D eigenvalue weighted by Crippen LogP contribution is -2.25. The molecule has 2 rings (SSSR count). The van der Waals surface area contributed by atoms with E-state index < -0.39 is 12.0 Å². The van der Waals surface area contributed by atoms with Crippen molar-refractivity contribution in [3.05, 3.63) is 66.1 Å². The molecule has 1 amide bonds. The molecule has 0 unspecified atom stereocenters. The Labute approximate surface area is 122 Å². The lowest BCUT2D eigenvalue weighted by atomic mass is 10.1. The number of carbonyl (C=O) groups is 1. The minimum atomic E-state index is -1.24. The molecule has 108 valence electrons. The molecule has 0 bridgehead atoms. The molecule has 0 saturated carbocycles. The number of hydrogen-bond donors (Lipinski definition) is 2. The van der Waals surface area contributed by atoms with Crippen LogP contribution in [0.25, 0.3) is 6.08 Å². The van der Waals surface area contributed by atoms with Crippen LogP contribution >= 0.6 is 0 Å². The SMILES string of the molecule is CC(/C=C/c1ccco1)=N/NC(=O)[C@H](O)c1ccccc1. The van der Waals surface area contributed by atoms with Crippen molar-refractivity contribution in [1.82, 2.24) is 5.43 Å². The number of aliphatic hydroxyl groups is 1. The molecule has 0 aliphatic heterocycles. The second kappa shape index (κ2) is 7.21. The van der Waals surface area contributed by atoms with Gasteiger partial charge in [-0.3, -0.25) is 4.79 Å². The Bertz CT molecular complexity index is 631. The number of hydrazone groups is 1. The van der Waals surface area contributed by atoms with E-state index >= 15 is 0 Å².